The fraction of sp³-hybridized carbons (Fsp3) is 0.150. The van der Waals surface area contributed by atoms with Gasteiger partial charge < -0.3 is 5.32 Å². The van der Waals surface area contributed by atoms with Gasteiger partial charge in [0, 0.05) is 12.6 Å². The number of amides is 1. The molecule has 1 aliphatic heterocycles. The van der Waals surface area contributed by atoms with Crippen LogP contribution in [0.5, 0.6) is 0 Å². The summed E-state index contributed by atoms with van der Waals surface area (Å²) in [6, 6.07) is 12.2. The van der Waals surface area contributed by atoms with Gasteiger partial charge in [-0.1, -0.05) is 24.3 Å². The number of alkyl halides is 3. The monoisotopic (exact) mass is 400 g/mol. The quantitative estimate of drug-likeness (QED) is 0.715. The molecule has 0 radical (unpaired) electrons. The number of rotatable bonds is 2. The number of nitrogens with one attached hydrogen (secondary N) is 1. The molecule has 1 aromatic heterocycles. The minimum Gasteiger partial charge on any atom is -0.320 e. The van der Waals surface area contributed by atoms with E-state index in [4.69, 9.17) is 0 Å². The van der Waals surface area contributed by atoms with Crippen LogP contribution in [-0.2, 0) is 18.0 Å². The molecule has 0 bridgehead atoms. The Hall–Kier alpha value is -3.62. The van der Waals surface area contributed by atoms with E-state index in [-0.39, 0.29) is 16.9 Å². The molecule has 29 heavy (non-hydrogen) atoms. The molecule has 0 fully saturated rings. The average molecular weight is 400 g/mol. The molecule has 1 amide bonds. The van der Waals surface area contributed by atoms with Crippen LogP contribution in [0.4, 0.5) is 24.5 Å². The molecular weight excluding hydrogens is 385 g/mol. The van der Waals surface area contributed by atoms with E-state index in [1.807, 2.05) is 0 Å². The summed E-state index contributed by atoms with van der Waals surface area (Å²) in [6.07, 6.45) is -4.67. The normalized spacial score (nSPS) is 14.9. The molecule has 0 aliphatic carbocycles. The number of anilines is 1. The molecule has 1 N–H and O–H groups in total. The molecule has 0 saturated heterocycles. The third-order valence-corrected chi connectivity index (χ3v) is 4.82. The number of hydrogen-bond donors (Lipinski definition) is 1. The maximum absolute atomic E-state index is 13.5. The summed E-state index contributed by atoms with van der Waals surface area (Å²) in [4.78, 5) is 29.5. The first-order chi connectivity index (χ1) is 13.7. The molecule has 0 unspecified atom stereocenters. The third kappa shape index (κ3) is 2.95. The van der Waals surface area contributed by atoms with Gasteiger partial charge in [0.1, 0.15) is 5.71 Å². The van der Waals surface area contributed by atoms with Gasteiger partial charge >= 0.3 is 6.18 Å². The van der Waals surface area contributed by atoms with Crippen LogP contribution in [0.25, 0.3) is 5.69 Å². The molecule has 0 spiro atoms. The summed E-state index contributed by atoms with van der Waals surface area (Å²) in [6.45, 7) is 1.61. The van der Waals surface area contributed by atoms with Crippen molar-refractivity contribution < 1.29 is 18.0 Å². The fourth-order valence-corrected chi connectivity index (χ4v) is 3.34. The van der Waals surface area contributed by atoms with Crippen LogP contribution in [-0.4, -0.2) is 21.0 Å². The molecule has 1 aliphatic rings. The predicted molar refractivity (Wildman–Crippen MR) is 102 cm³/mol. The number of halogens is 3. The molecule has 6 nitrogen and oxygen atoms in total. The van der Waals surface area contributed by atoms with E-state index in [0.717, 1.165) is 6.07 Å². The Morgan fingerprint density at radius 1 is 1.00 bits per heavy atom. The van der Waals surface area contributed by atoms with Crippen molar-refractivity contribution in [3.8, 4) is 5.69 Å². The van der Waals surface area contributed by atoms with E-state index < -0.39 is 28.9 Å². The summed E-state index contributed by atoms with van der Waals surface area (Å²) in [5.74, 6) is -0.786. The SMILES string of the molecule is Cc1c(N=C2C(=O)Nc3cccc(C(F)(F)F)c32)c(=O)n(-c2ccccc2)n1C. The minimum absolute atomic E-state index is 0.0144. The minimum atomic E-state index is -4.67. The van der Waals surface area contributed by atoms with Gasteiger partial charge in [-0.05, 0) is 31.2 Å². The molecule has 2 heterocycles. The van der Waals surface area contributed by atoms with E-state index in [1.165, 1.54) is 16.8 Å². The topological polar surface area (TPSA) is 68.4 Å². The molecule has 148 valence electrons. The van der Waals surface area contributed by atoms with Crippen molar-refractivity contribution in [1.29, 1.82) is 0 Å². The highest BCUT2D eigenvalue weighted by atomic mass is 19.4. The van der Waals surface area contributed by atoms with Crippen LogP contribution >= 0.6 is 0 Å². The number of nitrogens with zero attached hydrogens (tertiary/aromatic N) is 3. The Morgan fingerprint density at radius 3 is 2.34 bits per heavy atom. The zero-order valence-corrected chi connectivity index (χ0v) is 15.4. The van der Waals surface area contributed by atoms with E-state index in [1.54, 1.807) is 49.0 Å². The van der Waals surface area contributed by atoms with Gasteiger partial charge in [-0.15, -0.1) is 0 Å². The lowest BCUT2D eigenvalue weighted by Crippen LogP contribution is -2.20. The lowest BCUT2D eigenvalue weighted by Gasteiger charge is -2.10. The zero-order chi connectivity index (χ0) is 20.9. The van der Waals surface area contributed by atoms with Crippen LogP contribution in [0.2, 0.25) is 0 Å². The molecule has 4 rings (SSSR count). The van der Waals surface area contributed by atoms with Crippen molar-refractivity contribution in [2.45, 2.75) is 13.1 Å². The largest absolute Gasteiger partial charge is 0.417 e. The number of benzene rings is 2. The van der Waals surface area contributed by atoms with Crippen LogP contribution in [0.3, 0.4) is 0 Å². The second-order valence-corrected chi connectivity index (χ2v) is 6.55. The Bertz CT molecular complexity index is 1220. The standard InChI is InChI=1S/C20H15F3N4O2/c1-11-16(19(29)27(26(11)2)12-7-4-3-5-8-12)25-17-15-13(20(21,22)23)9-6-10-14(15)24-18(17)28/h3-10H,1-2H3,(H,24,25,28). The molecule has 2 aromatic carbocycles. The Labute approximate surface area is 162 Å². The highest BCUT2D eigenvalue weighted by Gasteiger charge is 2.40. The second kappa shape index (κ2) is 6.47. The van der Waals surface area contributed by atoms with E-state index in [2.05, 4.69) is 10.3 Å². The van der Waals surface area contributed by atoms with Gasteiger partial charge in [-0.3, -0.25) is 14.3 Å². The lowest BCUT2D eigenvalue weighted by molar-refractivity contribution is -0.137. The number of hydrogen-bond acceptors (Lipinski definition) is 3. The maximum Gasteiger partial charge on any atom is 0.417 e. The van der Waals surface area contributed by atoms with Gasteiger partial charge in [-0.25, -0.2) is 9.67 Å². The average Bonchev–Trinajstić information content (AvgIpc) is 3.10. The first kappa shape index (κ1) is 18.7. The predicted octanol–water partition coefficient (Wildman–Crippen LogP) is 3.58. The first-order valence-corrected chi connectivity index (χ1v) is 8.65. The number of carbonyl (C=O) groups is 1. The van der Waals surface area contributed by atoms with Gasteiger partial charge in [-0.2, -0.15) is 13.2 Å². The van der Waals surface area contributed by atoms with E-state index >= 15 is 0 Å². The Balaban J connectivity index is 1.95. The molecule has 0 saturated carbocycles. The van der Waals surface area contributed by atoms with E-state index in [9.17, 15) is 22.8 Å². The van der Waals surface area contributed by atoms with Crippen molar-refractivity contribution in [1.82, 2.24) is 9.36 Å². The first-order valence-electron chi connectivity index (χ1n) is 8.65. The van der Waals surface area contributed by atoms with Gasteiger partial charge in [0.15, 0.2) is 5.69 Å². The van der Waals surface area contributed by atoms with Crippen molar-refractivity contribution in [2.24, 2.45) is 12.0 Å². The summed E-state index contributed by atoms with van der Waals surface area (Å²) < 4.78 is 43.3. The number of aliphatic imine (C=N–C) groups is 1. The summed E-state index contributed by atoms with van der Waals surface area (Å²) in [7, 11) is 1.64. The highest BCUT2D eigenvalue weighted by Crippen LogP contribution is 2.38. The van der Waals surface area contributed by atoms with Crippen LogP contribution in [0.1, 0.15) is 16.8 Å². The maximum atomic E-state index is 13.5. The summed E-state index contributed by atoms with van der Waals surface area (Å²) in [5, 5.41) is 2.39. The van der Waals surface area contributed by atoms with Crippen molar-refractivity contribution in [3.05, 3.63) is 75.7 Å². The van der Waals surface area contributed by atoms with Crippen molar-refractivity contribution >= 4 is 23.0 Å². The van der Waals surface area contributed by atoms with Crippen LogP contribution < -0.4 is 10.9 Å². The molecule has 9 heteroatoms. The highest BCUT2D eigenvalue weighted by molar-refractivity contribution is 6.54. The third-order valence-electron chi connectivity index (χ3n) is 4.82. The van der Waals surface area contributed by atoms with Crippen LogP contribution in [0.15, 0.2) is 58.3 Å². The van der Waals surface area contributed by atoms with Gasteiger partial charge in [0.25, 0.3) is 11.5 Å². The molecule has 3 aromatic rings. The number of carbonyl (C=O) groups excluding carboxylic acids is 1. The smallest absolute Gasteiger partial charge is 0.320 e. The number of para-hydroxylation sites is 1. The van der Waals surface area contributed by atoms with E-state index in [0.29, 0.717) is 11.4 Å². The lowest BCUT2D eigenvalue weighted by atomic mass is 10.0. The Kier molecular flexibility index (Phi) is 4.18. The summed E-state index contributed by atoms with van der Waals surface area (Å²) in [5.41, 5.74) is -1.39. The fourth-order valence-electron chi connectivity index (χ4n) is 3.34. The second-order valence-electron chi connectivity index (χ2n) is 6.55. The number of aromatic nitrogens is 2. The summed E-state index contributed by atoms with van der Waals surface area (Å²) >= 11 is 0. The van der Waals surface area contributed by atoms with Crippen LogP contribution in [0, 0.1) is 6.92 Å². The van der Waals surface area contributed by atoms with Crippen molar-refractivity contribution in [2.75, 3.05) is 5.32 Å². The molecule has 0 atom stereocenters. The van der Waals surface area contributed by atoms with Gasteiger partial charge in [0.05, 0.1) is 22.6 Å². The zero-order valence-electron chi connectivity index (χ0n) is 15.4. The number of fused-ring (bicyclic) bond motifs is 1. The Morgan fingerprint density at radius 2 is 1.69 bits per heavy atom. The van der Waals surface area contributed by atoms with Gasteiger partial charge in [0.2, 0.25) is 0 Å². The van der Waals surface area contributed by atoms with Crippen molar-refractivity contribution in [3.63, 3.8) is 0 Å². The molecular formula is C20H15F3N4O2.